The van der Waals surface area contributed by atoms with Crippen LogP contribution in [0.5, 0.6) is 0 Å². The van der Waals surface area contributed by atoms with Gasteiger partial charge in [-0.2, -0.15) is 0 Å². The Kier molecular flexibility index (Phi) is 7.09. The lowest BCUT2D eigenvalue weighted by molar-refractivity contribution is -0.121. The van der Waals surface area contributed by atoms with Crippen molar-refractivity contribution in [3.63, 3.8) is 0 Å². The van der Waals surface area contributed by atoms with E-state index in [1.165, 1.54) is 16.2 Å². The van der Waals surface area contributed by atoms with Gasteiger partial charge in [-0.1, -0.05) is 37.3 Å². The number of carbonyl (C=O) groups is 3. The molecule has 1 aromatic heterocycles. The van der Waals surface area contributed by atoms with Crippen LogP contribution in [-0.2, 0) is 9.59 Å². The molecular weight excluding hydrogens is 448 g/mol. The third-order valence-electron chi connectivity index (χ3n) is 6.22. The molecule has 2 aromatic carbocycles. The second kappa shape index (κ2) is 10.0. The number of carbonyl (C=O) groups excluding carboxylic acids is 3. The smallest absolute Gasteiger partial charge is 0.260 e. The first-order chi connectivity index (χ1) is 16.3. The molecular formula is C26H30N4O3S. The maximum absolute atomic E-state index is 13.8. The molecule has 4 rings (SSSR count). The molecule has 8 heteroatoms. The molecule has 1 aliphatic rings. The van der Waals surface area contributed by atoms with Crippen LogP contribution >= 0.6 is 11.3 Å². The van der Waals surface area contributed by atoms with E-state index in [9.17, 15) is 14.4 Å². The average molecular weight is 479 g/mol. The lowest BCUT2D eigenvalue weighted by atomic mass is 10.1. The standard InChI is InChI=1S/C26H30N4O3S/c1-5-28(6-2)12-13-29(26-27-21-15-17(3)14-18(4)24(21)34-26)25(33)19-8-7-9-20(16-19)30-22(31)10-11-23(30)32/h7-9,14-16H,5-6,10-13H2,1-4H3. The Balaban J connectivity index is 1.71. The number of aromatic nitrogens is 1. The van der Waals surface area contributed by atoms with Crippen molar-refractivity contribution in [2.45, 2.75) is 40.5 Å². The van der Waals surface area contributed by atoms with Crippen molar-refractivity contribution in [1.82, 2.24) is 9.88 Å². The Morgan fingerprint density at radius 2 is 1.74 bits per heavy atom. The molecule has 0 atom stereocenters. The summed E-state index contributed by atoms with van der Waals surface area (Å²) >= 11 is 1.52. The van der Waals surface area contributed by atoms with E-state index in [1.54, 1.807) is 29.2 Å². The number of aryl methyl sites for hydroxylation is 2. The minimum absolute atomic E-state index is 0.193. The molecule has 3 amide bonds. The first-order valence-corrected chi connectivity index (χ1v) is 12.5. The first-order valence-electron chi connectivity index (χ1n) is 11.7. The van der Waals surface area contributed by atoms with Gasteiger partial charge in [0.25, 0.3) is 5.91 Å². The van der Waals surface area contributed by atoms with Gasteiger partial charge in [0.05, 0.1) is 15.9 Å². The monoisotopic (exact) mass is 478 g/mol. The summed E-state index contributed by atoms with van der Waals surface area (Å²) in [5, 5.41) is 0.652. The Morgan fingerprint density at radius 1 is 1.03 bits per heavy atom. The fourth-order valence-corrected chi connectivity index (χ4v) is 5.38. The Hall–Kier alpha value is -3.10. The fraction of sp³-hybridized carbons (Fsp3) is 0.385. The van der Waals surface area contributed by atoms with E-state index in [0.29, 0.717) is 22.9 Å². The lowest BCUT2D eigenvalue weighted by Gasteiger charge is -2.25. The number of fused-ring (bicyclic) bond motifs is 1. The molecule has 0 radical (unpaired) electrons. The number of amides is 3. The Morgan fingerprint density at radius 3 is 2.41 bits per heavy atom. The van der Waals surface area contributed by atoms with Crippen molar-refractivity contribution in [2.24, 2.45) is 0 Å². The molecule has 0 spiro atoms. The predicted octanol–water partition coefficient (Wildman–Crippen LogP) is 4.56. The molecule has 0 N–H and O–H groups in total. The summed E-state index contributed by atoms with van der Waals surface area (Å²) in [5.41, 5.74) is 4.04. The average Bonchev–Trinajstić information content (AvgIpc) is 3.39. The number of anilines is 2. The van der Waals surface area contributed by atoms with E-state index < -0.39 is 0 Å². The second-order valence-electron chi connectivity index (χ2n) is 8.58. The van der Waals surface area contributed by atoms with E-state index >= 15 is 0 Å². The van der Waals surface area contributed by atoms with Crippen LogP contribution in [0.15, 0.2) is 36.4 Å². The number of nitrogens with zero attached hydrogens (tertiary/aromatic N) is 4. The first kappa shape index (κ1) is 24.0. The highest BCUT2D eigenvalue weighted by Gasteiger charge is 2.31. The number of benzene rings is 2. The topological polar surface area (TPSA) is 73.8 Å². The molecule has 2 heterocycles. The normalized spacial score (nSPS) is 14.0. The van der Waals surface area contributed by atoms with Crippen LogP contribution in [0.25, 0.3) is 10.2 Å². The second-order valence-corrected chi connectivity index (χ2v) is 9.56. The number of thiazole rings is 1. The zero-order valence-corrected chi connectivity index (χ0v) is 20.9. The summed E-state index contributed by atoms with van der Waals surface area (Å²) in [7, 11) is 0. The van der Waals surface area contributed by atoms with Crippen molar-refractivity contribution < 1.29 is 14.4 Å². The minimum Gasteiger partial charge on any atom is -0.302 e. The quantitative estimate of drug-likeness (QED) is 0.444. The third kappa shape index (κ3) is 4.74. The van der Waals surface area contributed by atoms with Crippen molar-refractivity contribution in [1.29, 1.82) is 0 Å². The zero-order valence-electron chi connectivity index (χ0n) is 20.1. The molecule has 1 fully saturated rings. The van der Waals surface area contributed by atoms with Gasteiger partial charge in [0, 0.05) is 31.5 Å². The maximum Gasteiger partial charge on any atom is 0.260 e. The molecule has 178 valence electrons. The number of hydrogen-bond acceptors (Lipinski definition) is 6. The van der Waals surface area contributed by atoms with Gasteiger partial charge in [0.1, 0.15) is 0 Å². The predicted molar refractivity (Wildman–Crippen MR) is 137 cm³/mol. The number of hydrogen-bond donors (Lipinski definition) is 0. The summed E-state index contributed by atoms with van der Waals surface area (Å²) in [6.45, 7) is 11.3. The van der Waals surface area contributed by atoms with Gasteiger partial charge in [-0.05, 0) is 62.3 Å². The van der Waals surface area contributed by atoms with Gasteiger partial charge in [-0.3, -0.25) is 24.2 Å². The van der Waals surface area contributed by atoms with Crippen molar-refractivity contribution >= 4 is 50.1 Å². The van der Waals surface area contributed by atoms with Gasteiger partial charge in [0.15, 0.2) is 5.13 Å². The fourth-order valence-electron chi connectivity index (χ4n) is 4.34. The SMILES string of the molecule is CCN(CC)CCN(C(=O)c1cccc(N2C(=O)CCC2=O)c1)c1nc2cc(C)cc(C)c2s1. The van der Waals surface area contributed by atoms with Crippen LogP contribution in [0.4, 0.5) is 10.8 Å². The van der Waals surface area contributed by atoms with Crippen LogP contribution in [0.1, 0.15) is 48.2 Å². The van der Waals surface area contributed by atoms with Gasteiger partial charge < -0.3 is 4.90 Å². The molecule has 0 aliphatic carbocycles. The van der Waals surface area contributed by atoms with E-state index in [-0.39, 0.29) is 30.6 Å². The Bertz CT molecular complexity index is 1230. The summed E-state index contributed by atoms with van der Waals surface area (Å²) in [6.07, 6.45) is 0.412. The summed E-state index contributed by atoms with van der Waals surface area (Å²) in [5.74, 6) is -0.656. The highest BCUT2D eigenvalue weighted by Crippen LogP contribution is 2.33. The van der Waals surface area contributed by atoms with E-state index in [2.05, 4.69) is 31.7 Å². The van der Waals surface area contributed by atoms with E-state index in [1.807, 2.05) is 13.0 Å². The molecule has 1 saturated heterocycles. The molecule has 0 unspecified atom stereocenters. The summed E-state index contributed by atoms with van der Waals surface area (Å²) < 4.78 is 1.07. The minimum atomic E-state index is -0.231. The van der Waals surface area contributed by atoms with Crippen molar-refractivity contribution in [2.75, 3.05) is 36.0 Å². The molecule has 0 bridgehead atoms. The van der Waals surface area contributed by atoms with Gasteiger partial charge >= 0.3 is 0 Å². The number of likely N-dealkylation sites (N-methyl/N-ethyl adjacent to an activating group) is 1. The lowest BCUT2D eigenvalue weighted by Crippen LogP contribution is -2.39. The van der Waals surface area contributed by atoms with Gasteiger partial charge in [-0.15, -0.1) is 0 Å². The van der Waals surface area contributed by atoms with Crippen LogP contribution in [-0.4, -0.2) is 53.8 Å². The third-order valence-corrected chi connectivity index (χ3v) is 7.45. The van der Waals surface area contributed by atoms with E-state index in [4.69, 9.17) is 4.98 Å². The highest BCUT2D eigenvalue weighted by atomic mass is 32.1. The van der Waals surface area contributed by atoms with Gasteiger partial charge in [0.2, 0.25) is 11.8 Å². The molecule has 3 aromatic rings. The molecule has 34 heavy (non-hydrogen) atoms. The summed E-state index contributed by atoms with van der Waals surface area (Å²) in [6, 6.07) is 10.9. The summed E-state index contributed by atoms with van der Waals surface area (Å²) in [4.78, 5) is 48.2. The van der Waals surface area contributed by atoms with Crippen LogP contribution in [0, 0.1) is 13.8 Å². The highest BCUT2D eigenvalue weighted by molar-refractivity contribution is 7.22. The largest absolute Gasteiger partial charge is 0.302 e. The molecule has 7 nitrogen and oxygen atoms in total. The van der Waals surface area contributed by atoms with Crippen LogP contribution in [0.2, 0.25) is 0 Å². The van der Waals surface area contributed by atoms with Crippen LogP contribution < -0.4 is 9.80 Å². The van der Waals surface area contributed by atoms with Gasteiger partial charge in [-0.25, -0.2) is 4.98 Å². The number of rotatable bonds is 8. The maximum atomic E-state index is 13.8. The molecule has 1 aliphatic heterocycles. The van der Waals surface area contributed by atoms with E-state index in [0.717, 1.165) is 41.0 Å². The Labute approximate surface area is 204 Å². The zero-order chi connectivity index (χ0) is 24.4. The number of imide groups is 1. The molecule has 0 saturated carbocycles. The van der Waals surface area contributed by atoms with Crippen molar-refractivity contribution in [3.8, 4) is 0 Å². The van der Waals surface area contributed by atoms with Crippen molar-refractivity contribution in [3.05, 3.63) is 53.1 Å². The van der Waals surface area contributed by atoms with Crippen LogP contribution in [0.3, 0.4) is 0 Å².